The van der Waals surface area contributed by atoms with E-state index in [2.05, 4.69) is 54.6 Å². The fraction of sp³-hybridized carbons (Fsp3) is 0.0571. The molecule has 0 saturated heterocycles. The number of ether oxygens (including phenoxy) is 2. The first-order valence-electron chi connectivity index (χ1n) is 12.9. The van der Waals surface area contributed by atoms with Crippen LogP contribution in [0.3, 0.4) is 0 Å². The summed E-state index contributed by atoms with van der Waals surface area (Å²) in [5.74, 6) is 0.0932. The second-order valence-corrected chi connectivity index (χ2v) is 10.1. The third kappa shape index (κ3) is 7.57. The molecule has 0 atom stereocenters. The Morgan fingerprint density at radius 2 is 1.07 bits per heavy atom. The van der Waals surface area contributed by atoms with Gasteiger partial charge in [-0.2, -0.15) is 0 Å². The van der Waals surface area contributed by atoms with Crippen LogP contribution in [0, 0.1) is 0 Å². The summed E-state index contributed by atoms with van der Waals surface area (Å²) in [5.41, 5.74) is 7.39. The van der Waals surface area contributed by atoms with Gasteiger partial charge in [0.25, 0.3) is 0 Å². The van der Waals surface area contributed by atoms with Gasteiger partial charge in [-0.3, -0.25) is 0 Å². The summed E-state index contributed by atoms with van der Waals surface area (Å²) in [4.78, 5) is 10.7. The van der Waals surface area contributed by atoms with Crippen LogP contribution in [0.5, 0.6) is 11.5 Å². The Morgan fingerprint density at radius 3 is 1.51 bits per heavy atom. The summed E-state index contributed by atoms with van der Waals surface area (Å²) in [6, 6.07) is 39.2. The average molecular weight is 581 g/mol. The van der Waals surface area contributed by atoms with E-state index in [-0.39, 0.29) is 0 Å². The first kappa shape index (κ1) is 28.0. The molecule has 0 aromatic heterocycles. The number of carbonyl (C=O) groups is 1. The van der Waals surface area contributed by atoms with Gasteiger partial charge in [-0.1, -0.05) is 96.0 Å². The van der Waals surface area contributed by atoms with E-state index in [1.807, 2.05) is 48.5 Å². The van der Waals surface area contributed by atoms with Gasteiger partial charge in [0.05, 0.1) is 0 Å². The molecule has 0 radical (unpaired) electrons. The van der Waals surface area contributed by atoms with Crippen molar-refractivity contribution in [1.82, 2.24) is 0 Å². The van der Waals surface area contributed by atoms with Crippen LogP contribution < -0.4 is 9.47 Å². The van der Waals surface area contributed by atoms with Crippen LogP contribution in [-0.4, -0.2) is 24.3 Å². The highest BCUT2D eigenvalue weighted by Crippen LogP contribution is 2.30. The molecule has 204 valence electrons. The van der Waals surface area contributed by atoms with Crippen molar-refractivity contribution in [3.63, 3.8) is 0 Å². The molecule has 1 N–H and O–H groups in total. The van der Waals surface area contributed by atoms with Crippen LogP contribution in [0.15, 0.2) is 127 Å². The van der Waals surface area contributed by atoms with Gasteiger partial charge in [-0.25, -0.2) is 4.79 Å². The zero-order valence-corrected chi connectivity index (χ0v) is 23.5. The number of aliphatic carboxylic acids is 1. The second-order valence-electron chi connectivity index (χ2n) is 9.26. The molecule has 4 nitrogen and oxygen atoms in total. The lowest BCUT2D eigenvalue weighted by atomic mass is 9.94. The molecule has 5 aromatic carbocycles. The number of rotatable bonds is 10. The third-order valence-electron chi connectivity index (χ3n) is 6.43. The number of benzene rings is 5. The van der Waals surface area contributed by atoms with Crippen LogP contribution in [0.4, 0.5) is 0 Å². The van der Waals surface area contributed by atoms with Crippen LogP contribution >= 0.6 is 23.2 Å². The fourth-order valence-corrected chi connectivity index (χ4v) is 4.80. The first-order valence-corrected chi connectivity index (χ1v) is 13.7. The highest BCUT2D eigenvalue weighted by Gasteiger charge is 2.09. The molecule has 0 aliphatic carbocycles. The predicted molar refractivity (Wildman–Crippen MR) is 166 cm³/mol. The monoisotopic (exact) mass is 580 g/mol. The maximum atomic E-state index is 10.7. The number of carboxylic acid groups (broad SMARTS) is 1. The Balaban J connectivity index is 1.40. The van der Waals surface area contributed by atoms with Crippen LogP contribution in [0.1, 0.15) is 11.1 Å². The molecular weight excluding hydrogens is 555 g/mol. The van der Waals surface area contributed by atoms with Crippen molar-refractivity contribution < 1.29 is 19.4 Å². The molecule has 5 rings (SSSR count). The molecule has 0 bridgehead atoms. The van der Waals surface area contributed by atoms with Crippen molar-refractivity contribution in [1.29, 1.82) is 0 Å². The Bertz CT molecular complexity index is 1570. The van der Waals surface area contributed by atoms with E-state index in [0.717, 1.165) is 39.0 Å². The standard InChI is InChI=1S/C35H26Cl2O4/c36-30-5-1-3-28(21-30)24-7-11-26(12-8-24)34(19-20-40-32-15-17-33(18-16-32)41-23-35(38)39)27-13-9-25(10-14-27)29-4-2-6-31(37)22-29/h1-19,21-22H,20,23H2,(H,38,39). The molecule has 0 saturated carbocycles. The van der Waals surface area contributed by atoms with Gasteiger partial charge in [-0.15, -0.1) is 0 Å². The summed E-state index contributed by atoms with van der Waals surface area (Å²) in [7, 11) is 0. The maximum absolute atomic E-state index is 10.7. The molecule has 0 aliphatic heterocycles. The molecule has 41 heavy (non-hydrogen) atoms. The molecule has 6 heteroatoms. The molecule has 0 unspecified atom stereocenters. The van der Waals surface area contributed by atoms with Crippen LogP contribution in [-0.2, 0) is 4.79 Å². The number of hydrogen-bond acceptors (Lipinski definition) is 3. The van der Waals surface area contributed by atoms with Gasteiger partial charge in [0, 0.05) is 10.0 Å². The van der Waals surface area contributed by atoms with E-state index >= 15 is 0 Å². The molecule has 0 heterocycles. The molecule has 0 amide bonds. The van der Waals surface area contributed by atoms with Gasteiger partial charge >= 0.3 is 5.97 Å². The summed E-state index contributed by atoms with van der Waals surface area (Å²) in [6.45, 7) is -0.0603. The minimum Gasteiger partial charge on any atom is -0.490 e. The molecule has 5 aromatic rings. The van der Waals surface area contributed by atoms with Crippen LogP contribution in [0.2, 0.25) is 10.0 Å². The summed E-state index contributed by atoms with van der Waals surface area (Å²) in [6.07, 6.45) is 2.05. The predicted octanol–water partition coefficient (Wildman–Crippen LogP) is 9.30. The van der Waals surface area contributed by atoms with E-state index in [1.54, 1.807) is 24.3 Å². The topological polar surface area (TPSA) is 55.8 Å². The van der Waals surface area contributed by atoms with Crippen molar-refractivity contribution in [3.05, 3.63) is 149 Å². The summed E-state index contributed by atoms with van der Waals surface area (Å²) < 4.78 is 11.2. The SMILES string of the molecule is O=C(O)COc1ccc(OCC=C(c2ccc(-c3cccc(Cl)c3)cc2)c2ccc(-c3cccc(Cl)c3)cc2)cc1. The number of carboxylic acids is 1. The van der Waals surface area contributed by atoms with Gasteiger partial charge < -0.3 is 14.6 Å². The fourth-order valence-electron chi connectivity index (χ4n) is 4.42. The van der Waals surface area contributed by atoms with Crippen molar-refractivity contribution in [3.8, 4) is 33.8 Å². The van der Waals surface area contributed by atoms with Crippen molar-refractivity contribution in [2.24, 2.45) is 0 Å². The van der Waals surface area contributed by atoms with Crippen molar-refractivity contribution in [2.75, 3.05) is 13.2 Å². The van der Waals surface area contributed by atoms with Crippen molar-refractivity contribution >= 4 is 34.7 Å². The lowest BCUT2D eigenvalue weighted by Crippen LogP contribution is -2.09. The van der Waals surface area contributed by atoms with Crippen LogP contribution in [0.25, 0.3) is 27.8 Å². The quantitative estimate of drug-likeness (QED) is 0.179. The Kier molecular flexibility index (Phi) is 9.05. The largest absolute Gasteiger partial charge is 0.490 e. The zero-order valence-electron chi connectivity index (χ0n) is 22.0. The lowest BCUT2D eigenvalue weighted by Gasteiger charge is -2.12. The molecule has 0 spiro atoms. The highest BCUT2D eigenvalue weighted by molar-refractivity contribution is 6.31. The minimum absolute atomic E-state index is 0.330. The van der Waals surface area contributed by atoms with E-state index in [1.165, 1.54) is 0 Å². The first-order chi connectivity index (χ1) is 19.9. The number of halogens is 2. The van der Waals surface area contributed by atoms with Gasteiger partial charge in [0.2, 0.25) is 0 Å². The summed E-state index contributed by atoms with van der Waals surface area (Å²) in [5, 5.41) is 10.2. The average Bonchev–Trinajstić information content (AvgIpc) is 2.99. The second kappa shape index (κ2) is 13.2. The Labute approximate surface area is 249 Å². The van der Waals surface area contributed by atoms with Gasteiger partial charge in [0.15, 0.2) is 6.61 Å². The highest BCUT2D eigenvalue weighted by atomic mass is 35.5. The van der Waals surface area contributed by atoms with Gasteiger partial charge in [0.1, 0.15) is 18.1 Å². The summed E-state index contributed by atoms with van der Waals surface area (Å²) >= 11 is 12.4. The van der Waals surface area contributed by atoms with E-state index in [0.29, 0.717) is 28.2 Å². The maximum Gasteiger partial charge on any atom is 0.341 e. The zero-order chi connectivity index (χ0) is 28.6. The van der Waals surface area contributed by atoms with Gasteiger partial charge in [-0.05, 0) is 93.6 Å². The van der Waals surface area contributed by atoms with E-state index in [4.69, 9.17) is 37.8 Å². The lowest BCUT2D eigenvalue weighted by molar-refractivity contribution is -0.139. The molecule has 0 aliphatic rings. The molecular formula is C35H26Cl2O4. The normalized spacial score (nSPS) is 10.6. The number of hydrogen-bond donors (Lipinski definition) is 1. The smallest absolute Gasteiger partial charge is 0.341 e. The minimum atomic E-state index is -1.02. The third-order valence-corrected chi connectivity index (χ3v) is 6.90. The van der Waals surface area contributed by atoms with E-state index < -0.39 is 12.6 Å². The van der Waals surface area contributed by atoms with Crippen molar-refractivity contribution in [2.45, 2.75) is 0 Å². The van der Waals surface area contributed by atoms with E-state index in [9.17, 15) is 4.79 Å². The molecule has 0 fully saturated rings. The Morgan fingerprint density at radius 1 is 0.610 bits per heavy atom. The Hall–Kier alpha value is -4.51.